The summed E-state index contributed by atoms with van der Waals surface area (Å²) in [7, 11) is 0. The van der Waals surface area contributed by atoms with Crippen LogP contribution in [0.5, 0.6) is 0 Å². The molecule has 1 aromatic heterocycles. The van der Waals surface area contributed by atoms with Gasteiger partial charge in [0.1, 0.15) is 5.82 Å². The maximum absolute atomic E-state index is 11.1. The number of rotatable bonds is 5. The van der Waals surface area contributed by atoms with Crippen LogP contribution in [0.25, 0.3) is 0 Å². The maximum atomic E-state index is 11.1. The van der Waals surface area contributed by atoms with Crippen LogP contribution in [0.4, 0.5) is 0 Å². The molecule has 0 unspecified atom stereocenters. The molecule has 1 fully saturated rings. The molecule has 0 spiro atoms. The van der Waals surface area contributed by atoms with Gasteiger partial charge in [0.05, 0.1) is 0 Å². The summed E-state index contributed by atoms with van der Waals surface area (Å²) in [6, 6.07) is 8.80. The van der Waals surface area contributed by atoms with Crippen LogP contribution in [0.2, 0.25) is 0 Å². The van der Waals surface area contributed by atoms with E-state index in [1.165, 1.54) is 11.1 Å². The lowest BCUT2D eigenvalue weighted by Gasteiger charge is -2.31. The molecule has 1 aliphatic rings. The Labute approximate surface area is 142 Å². The van der Waals surface area contributed by atoms with Crippen LogP contribution < -0.4 is 0 Å². The second kappa shape index (κ2) is 7.18. The number of nitrogens with zero attached hydrogens (tertiary/aromatic N) is 2. The summed E-state index contributed by atoms with van der Waals surface area (Å²) in [5.41, 5.74) is 3.56. The second-order valence-corrected chi connectivity index (χ2v) is 6.62. The highest BCUT2D eigenvalue weighted by atomic mass is 16.4. The number of aromatic amines is 1. The zero-order chi connectivity index (χ0) is 17.1. The fourth-order valence-electron chi connectivity index (χ4n) is 3.46. The first-order valence-corrected chi connectivity index (χ1v) is 8.66. The van der Waals surface area contributed by atoms with Gasteiger partial charge in [-0.15, -0.1) is 0 Å². The molecule has 2 heterocycles. The largest absolute Gasteiger partial charge is 0.476 e. The highest BCUT2D eigenvalue weighted by Crippen LogP contribution is 2.27. The molecule has 5 nitrogen and oxygen atoms in total. The predicted molar refractivity (Wildman–Crippen MR) is 93.4 cm³/mol. The van der Waals surface area contributed by atoms with E-state index in [9.17, 15) is 4.79 Å². The lowest BCUT2D eigenvalue weighted by Crippen LogP contribution is -2.32. The number of hydrogen-bond acceptors (Lipinski definition) is 3. The Kier molecular flexibility index (Phi) is 5.00. The first-order valence-electron chi connectivity index (χ1n) is 8.66. The summed E-state index contributed by atoms with van der Waals surface area (Å²) in [4.78, 5) is 21.1. The van der Waals surface area contributed by atoms with Crippen LogP contribution in [-0.2, 0) is 13.0 Å². The van der Waals surface area contributed by atoms with Crippen molar-refractivity contribution in [2.24, 2.45) is 0 Å². The van der Waals surface area contributed by atoms with Crippen LogP contribution in [-0.4, -0.2) is 39.0 Å². The van der Waals surface area contributed by atoms with E-state index in [0.29, 0.717) is 11.6 Å². The van der Waals surface area contributed by atoms with E-state index in [0.717, 1.165) is 44.7 Å². The number of imidazole rings is 1. The van der Waals surface area contributed by atoms with E-state index in [2.05, 4.69) is 46.1 Å². The summed E-state index contributed by atoms with van der Waals surface area (Å²) in [6.45, 7) is 6.97. The van der Waals surface area contributed by atoms with Crippen molar-refractivity contribution in [2.45, 2.75) is 45.6 Å². The van der Waals surface area contributed by atoms with Crippen molar-refractivity contribution in [3.05, 3.63) is 52.6 Å². The third-order valence-electron chi connectivity index (χ3n) is 4.89. The van der Waals surface area contributed by atoms with Crippen molar-refractivity contribution in [1.29, 1.82) is 0 Å². The van der Waals surface area contributed by atoms with Gasteiger partial charge in [-0.25, -0.2) is 9.78 Å². The molecule has 0 saturated carbocycles. The fourth-order valence-corrected chi connectivity index (χ4v) is 3.46. The number of H-pyrrole nitrogens is 1. The van der Waals surface area contributed by atoms with Crippen LogP contribution in [0.1, 0.15) is 58.8 Å². The smallest absolute Gasteiger partial charge is 0.356 e. The number of aromatic nitrogens is 2. The second-order valence-electron chi connectivity index (χ2n) is 6.62. The SMILES string of the molecule is CCc1cccc(CN2CCC(c3nc(C(=O)O)c(C)[nH]3)CC2)c1. The molecule has 2 aromatic rings. The van der Waals surface area contributed by atoms with E-state index in [-0.39, 0.29) is 5.69 Å². The van der Waals surface area contributed by atoms with E-state index < -0.39 is 5.97 Å². The van der Waals surface area contributed by atoms with Gasteiger partial charge < -0.3 is 10.1 Å². The first-order chi connectivity index (χ1) is 11.6. The Morgan fingerprint density at radius 3 is 2.67 bits per heavy atom. The molecule has 1 saturated heterocycles. The first kappa shape index (κ1) is 16.7. The number of benzene rings is 1. The van der Waals surface area contributed by atoms with Crippen molar-refractivity contribution >= 4 is 5.97 Å². The Bertz CT molecular complexity index is 715. The number of aryl methyl sites for hydroxylation is 2. The van der Waals surface area contributed by atoms with Gasteiger partial charge in [-0.1, -0.05) is 31.2 Å². The van der Waals surface area contributed by atoms with Gasteiger partial charge >= 0.3 is 5.97 Å². The van der Waals surface area contributed by atoms with Crippen molar-refractivity contribution in [2.75, 3.05) is 13.1 Å². The van der Waals surface area contributed by atoms with Gasteiger partial charge in [0.25, 0.3) is 0 Å². The number of likely N-dealkylation sites (tertiary alicyclic amines) is 1. The van der Waals surface area contributed by atoms with Crippen LogP contribution in [0.15, 0.2) is 24.3 Å². The van der Waals surface area contributed by atoms with Gasteiger partial charge in [0, 0.05) is 18.2 Å². The number of carboxylic acid groups (broad SMARTS) is 1. The molecule has 5 heteroatoms. The van der Waals surface area contributed by atoms with Crippen molar-refractivity contribution in [3.8, 4) is 0 Å². The molecule has 3 rings (SSSR count). The number of nitrogens with one attached hydrogen (secondary N) is 1. The van der Waals surface area contributed by atoms with Gasteiger partial charge in [-0.05, 0) is 50.4 Å². The Hall–Kier alpha value is -2.14. The molecule has 0 amide bonds. The molecule has 1 aromatic carbocycles. The van der Waals surface area contributed by atoms with Crippen molar-refractivity contribution in [1.82, 2.24) is 14.9 Å². The highest BCUT2D eigenvalue weighted by Gasteiger charge is 2.25. The minimum atomic E-state index is -0.955. The van der Waals surface area contributed by atoms with E-state index in [4.69, 9.17) is 5.11 Å². The summed E-state index contributed by atoms with van der Waals surface area (Å²) < 4.78 is 0. The van der Waals surface area contributed by atoms with Gasteiger partial charge in [0.2, 0.25) is 0 Å². The normalized spacial score (nSPS) is 16.4. The van der Waals surface area contributed by atoms with Crippen molar-refractivity contribution in [3.63, 3.8) is 0 Å². The molecule has 0 bridgehead atoms. The molecular weight excluding hydrogens is 302 g/mol. The Morgan fingerprint density at radius 1 is 1.33 bits per heavy atom. The molecule has 0 atom stereocenters. The lowest BCUT2D eigenvalue weighted by molar-refractivity contribution is 0.0690. The average Bonchev–Trinajstić information content (AvgIpc) is 2.98. The molecule has 24 heavy (non-hydrogen) atoms. The number of carboxylic acids is 1. The zero-order valence-corrected chi connectivity index (χ0v) is 14.4. The summed E-state index contributed by atoms with van der Waals surface area (Å²) in [5, 5.41) is 9.14. The molecule has 1 aliphatic heterocycles. The third-order valence-corrected chi connectivity index (χ3v) is 4.89. The van der Waals surface area contributed by atoms with E-state index >= 15 is 0 Å². The average molecular weight is 327 g/mol. The standard InChI is InChI=1S/C19H25N3O2/c1-3-14-5-4-6-15(11-14)12-22-9-7-16(8-10-22)18-20-13(2)17(21-18)19(23)24/h4-6,11,16H,3,7-10,12H2,1-2H3,(H,20,21)(H,23,24). The topological polar surface area (TPSA) is 69.2 Å². The molecule has 128 valence electrons. The highest BCUT2D eigenvalue weighted by molar-refractivity contribution is 5.86. The number of piperidine rings is 1. The van der Waals surface area contributed by atoms with Gasteiger partial charge in [0.15, 0.2) is 5.69 Å². The molecule has 0 radical (unpaired) electrons. The van der Waals surface area contributed by atoms with E-state index in [1.807, 2.05) is 0 Å². The van der Waals surface area contributed by atoms with Crippen LogP contribution >= 0.6 is 0 Å². The minimum Gasteiger partial charge on any atom is -0.476 e. The summed E-state index contributed by atoms with van der Waals surface area (Å²) >= 11 is 0. The quantitative estimate of drug-likeness (QED) is 0.883. The molecule has 0 aliphatic carbocycles. The summed E-state index contributed by atoms with van der Waals surface area (Å²) in [5.74, 6) is 0.204. The maximum Gasteiger partial charge on any atom is 0.356 e. The number of carbonyl (C=O) groups is 1. The van der Waals surface area contributed by atoms with Gasteiger partial charge in [-0.3, -0.25) is 4.90 Å². The van der Waals surface area contributed by atoms with Crippen molar-refractivity contribution < 1.29 is 9.90 Å². The molecular formula is C19H25N3O2. The number of hydrogen-bond donors (Lipinski definition) is 2. The Balaban J connectivity index is 1.59. The lowest BCUT2D eigenvalue weighted by atomic mass is 9.95. The monoisotopic (exact) mass is 327 g/mol. The van der Waals surface area contributed by atoms with Crippen LogP contribution in [0.3, 0.4) is 0 Å². The van der Waals surface area contributed by atoms with E-state index in [1.54, 1.807) is 6.92 Å². The third kappa shape index (κ3) is 3.67. The van der Waals surface area contributed by atoms with Crippen LogP contribution in [0, 0.1) is 6.92 Å². The Morgan fingerprint density at radius 2 is 2.04 bits per heavy atom. The fraction of sp³-hybridized carbons (Fsp3) is 0.474. The minimum absolute atomic E-state index is 0.156. The van der Waals surface area contributed by atoms with Gasteiger partial charge in [-0.2, -0.15) is 0 Å². The number of aromatic carboxylic acids is 1. The zero-order valence-electron chi connectivity index (χ0n) is 14.4. The molecule has 2 N–H and O–H groups in total. The predicted octanol–water partition coefficient (Wildman–Crippen LogP) is 3.36. The summed E-state index contributed by atoms with van der Waals surface area (Å²) in [6.07, 6.45) is 3.10.